The summed E-state index contributed by atoms with van der Waals surface area (Å²) >= 11 is 0. The summed E-state index contributed by atoms with van der Waals surface area (Å²) in [6, 6.07) is 28.7. The van der Waals surface area contributed by atoms with Gasteiger partial charge in [0.05, 0.1) is 13.2 Å². The Morgan fingerprint density at radius 2 is 1.46 bits per heavy atom. The van der Waals surface area contributed by atoms with Crippen molar-refractivity contribution in [2.24, 2.45) is 0 Å². The molecule has 4 aromatic carbocycles. The third-order valence-electron chi connectivity index (χ3n) is 5.57. The molecule has 1 heterocycles. The summed E-state index contributed by atoms with van der Waals surface area (Å²) in [5.41, 5.74) is 3.99. The summed E-state index contributed by atoms with van der Waals surface area (Å²) in [7, 11) is 0. The third kappa shape index (κ3) is 3.64. The molecule has 28 heavy (non-hydrogen) atoms. The van der Waals surface area contributed by atoms with Gasteiger partial charge in [0.25, 0.3) is 0 Å². The molecule has 1 aliphatic rings. The summed E-state index contributed by atoms with van der Waals surface area (Å²) in [6.45, 7) is 4.70. The number of rotatable bonds is 3. The van der Waals surface area contributed by atoms with Crippen LogP contribution >= 0.6 is 12.4 Å². The molecule has 0 unspecified atom stereocenters. The average Bonchev–Trinajstić information content (AvgIpc) is 2.74. The fourth-order valence-corrected chi connectivity index (χ4v) is 4.12. The van der Waals surface area contributed by atoms with Crippen LogP contribution in [-0.2, 0) is 11.3 Å². The Morgan fingerprint density at radius 1 is 0.714 bits per heavy atom. The zero-order chi connectivity index (χ0) is 18.1. The van der Waals surface area contributed by atoms with Crippen molar-refractivity contribution in [3.05, 3.63) is 84.4 Å². The number of hydrogen-bond donors (Lipinski definition) is 0. The highest BCUT2D eigenvalue weighted by molar-refractivity contribution is 6.00. The minimum Gasteiger partial charge on any atom is -0.379 e. The molecule has 0 saturated carbocycles. The molecule has 0 N–H and O–H groups in total. The van der Waals surface area contributed by atoms with E-state index >= 15 is 0 Å². The molecule has 1 fully saturated rings. The van der Waals surface area contributed by atoms with Crippen molar-refractivity contribution < 1.29 is 4.74 Å². The van der Waals surface area contributed by atoms with E-state index in [2.05, 4.69) is 83.8 Å². The molecular weight excluding hydrogens is 366 g/mol. The van der Waals surface area contributed by atoms with Gasteiger partial charge in [-0.25, -0.2) is 0 Å². The normalized spacial score (nSPS) is 14.9. The quantitative estimate of drug-likeness (QED) is 0.431. The van der Waals surface area contributed by atoms with Crippen molar-refractivity contribution in [3.8, 4) is 11.1 Å². The molecule has 1 aliphatic heterocycles. The van der Waals surface area contributed by atoms with Crippen molar-refractivity contribution >= 4 is 34.0 Å². The van der Waals surface area contributed by atoms with Gasteiger partial charge in [0, 0.05) is 19.6 Å². The summed E-state index contributed by atoms with van der Waals surface area (Å²) in [6.07, 6.45) is 0. The predicted octanol–water partition coefficient (Wildman–Crippen LogP) is 5.91. The molecular formula is C25H24ClNO. The van der Waals surface area contributed by atoms with Gasteiger partial charge in [-0.3, -0.25) is 4.90 Å². The summed E-state index contributed by atoms with van der Waals surface area (Å²) in [5.74, 6) is 0. The number of hydrogen-bond acceptors (Lipinski definition) is 2. The molecule has 0 aliphatic carbocycles. The second-order valence-electron chi connectivity index (χ2n) is 7.27. The molecule has 0 aromatic heterocycles. The number of fused-ring (bicyclic) bond motifs is 2. The predicted molar refractivity (Wildman–Crippen MR) is 120 cm³/mol. The standard InChI is InChI=1S/C25H23NO.ClH/c1-2-6-20-17-21(12-11-19(20)5-1)23-8-4-9-24-22(7-3-10-25(23)24)18-26-13-15-27-16-14-26;/h1-12,17H,13-16,18H2;1H. The fourth-order valence-electron chi connectivity index (χ4n) is 4.12. The lowest BCUT2D eigenvalue weighted by Gasteiger charge is -2.27. The van der Waals surface area contributed by atoms with Crippen LogP contribution in [0.1, 0.15) is 5.56 Å². The Balaban J connectivity index is 0.00000192. The van der Waals surface area contributed by atoms with E-state index < -0.39 is 0 Å². The van der Waals surface area contributed by atoms with Crippen molar-refractivity contribution in [1.82, 2.24) is 4.90 Å². The van der Waals surface area contributed by atoms with Gasteiger partial charge >= 0.3 is 0 Å². The summed E-state index contributed by atoms with van der Waals surface area (Å²) in [4.78, 5) is 2.49. The lowest BCUT2D eigenvalue weighted by Crippen LogP contribution is -2.35. The first-order valence-corrected chi connectivity index (χ1v) is 9.68. The third-order valence-corrected chi connectivity index (χ3v) is 5.57. The van der Waals surface area contributed by atoms with E-state index in [0.717, 1.165) is 32.8 Å². The van der Waals surface area contributed by atoms with Gasteiger partial charge in [0.2, 0.25) is 0 Å². The second kappa shape index (κ2) is 8.32. The van der Waals surface area contributed by atoms with Gasteiger partial charge in [-0.2, -0.15) is 0 Å². The zero-order valence-electron chi connectivity index (χ0n) is 15.8. The highest BCUT2D eigenvalue weighted by atomic mass is 35.5. The number of benzene rings is 4. The first-order valence-electron chi connectivity index (χ1n) is 9.68. The highest BCUT2D eigenvalue weighted by Crippen LogP contribution is 2.32. The van der Waals surface area contributed by atoms with E-state index in [4.69, 9.17) is 4.74 Å². The molecule has 0 spiro atoms. The van der Waals surface area contributed by atoms with Crippen LogP contribution in [0.2, 0.25) is 0 Å². The van der Waals surface area contributed by atoms with Crippen LogP contribution in [0.15, 0.2) is 78.9 Å². The monoisotopic (exact) mass is 389 g/mol. The molecule has 4 aromatic rings. The van der Waals surface area contributed by atoms with Crippen LogP contribution in [0.3, 0.4) is 0 Å². The molecule has 3 heteroatoms. The minimum atomic E-state index is 0. The van der Waals surface area contributed by atoms with Gasteiger partial charge in [-0.05, 0) is 44.3 Å². The van der Waals surface area contributed by atoms with E-state index in [-0.39, 0.29) is 12.4 Å². The maximum absolute atomic E-state index is 5.50. The maximum atomic E-state index is 5.50. The minimum absolute atomic E-state index is 0. The van der Waals surface area contributed by atoms with Gasteiger partial charge in [0.1, 0.15) is 0 Å². The molecule has 0 atom stereocenters. The Bertz CT molecular complexity index is 1100. The van der Waals surface area contributed by atoms with Crippen molar-refractivity contribution in [1.29, 1.82) is 0 Å². The van der Waals surface area contributed by atoms with E-state index in [0.29, 0.717) is 0 Å². The Kier molecular flexibility index (Phi) is 5.63. The number of morpholine rings is 1. The lowest BCUT2D eigenvalue weighted by atomic mass is 9.94. The van der Waals surface area contributed by atoms with Gasteiger partial charge < -0.3 is 4.74 Å². The molecule has 5 rings (SSSR count). The Labute approximate surface area is 172 Å². The van der Waals surface area contributed by atoms with E-state index in [1.54, 1.807) is 0 Å². The van der Waals surface area contributed by atoms with E-state index in [1.807, 2.05) is 0 Å². The van der Waals surface area contributed by atoms with Crippen LogP contribution < -0.4 is 0 Å². The largest absolute Gasteiger partial charge is 0.379 e. The first-order chi connectivity index (χ1) is 13.4. The Morgan fingerprint density at radius 3 is 2.32 bits per heavy atom. The number of ether oxygens (including phenoxy) is 1. The topological polar surface area (TPSA) is 12.5 Å². The van der Waals surface area contributed by atoms with E-state index in [1.165, 1.54) is 38.2 Å². The first kappa shape index (κ1) is 18.9. The molecule has 0 bridgehead atoms. The molecule has 0 amide bonds. The average molecular weight is 390 g/mol. The molecule has 142 valence electrons. The lowest BCUT2D eigenvalue weighted by molar-refractivity contribution is 0.0344. The Hall–Kier alpha value is -2.39. The van der Waals surface area contributed by atoms with Crippen molar-refractivity contribution in [2.75, 3.05) is 26.3 Å². The van der Waals surface area contributed by atoms with Crippen LogP contribution in [0.4, 0.5) is 0 Å². The van der Waals surface area contributed by atoms with E-state index in [9.17, 15) is 0 Å². The number of halogens is 1. The van der Waals surface area contributed by atoms with Crippen molar-refractivity contribution in [2.45, 2.75) is 6.54 Å². The maximum Gasteiger partial charge on any atom is 0.0594 e. The fraction of sp³-hybridized carbons (Fsp3) is 0.200. The van der Waals surface area contributed by atoms with Crippen LogP contribution in [0, 0.1) is 0 Å². The summed E-state index contributed by atoms with van der Waals surface area (Å²) < 4.78 is 5.50. The number of nitrogens with zero attached hydrogens (tertiary/aromatic N) is 1. The van der Waals surface area contributed by atoms with Crippen LogP contribution in [-0.4, -0.2) is 31.2 Å². The molecule has 2 nitrogen and oxygen atoms in total. The molecule has 1 saturated heterocycles. The summed E-state index contributed by atoms with van der Waals surface area (Å²) in [5, 5.41) is 5.26. The molecule has 0 radical (unpaired) electrons. The highest BCUT2D eigenvalue weighted by Gasteiger charge is 2.13. The second-order valence-corrected chi connectivity index (χ2v) is 7.27. The SMILES string of the molecule is Cl.c1ccc2cc(-c3cccc4c(CN5CCOCC5)cccc34)ccc2c1. The van der Waals surface area contributed by atoms with Gasteiger partial charge in [0.15, 0.2) is 0 Å². The van der Waals surface area contributed by atoms with Crippen LogP contribution in [0.5, 0.6) is 0 Å². The van der Waals surface area contributed by atoms with Gasteiger partial charge in [-0.15, -0.1) is 12.4 Å². The zero-order valence-corrected chi connectivity index (χ0v) is 16.6. The van der Waals surface area contributed by atoms with Gasteiger partial charge in [-0.1, -0.05) is 72.8 Å². The van der Waals surface area contributed by atoms with Crippen molar-refractivity contribution in [3.63, 3.8) is 0 Å². The van der Waals surface area contributed by atoms with Crippen LogP contribution in [0.25, 0.3) is 32.7 Å². The smallest absolute Gasteiger partial charge is 0.0594 e.